The monoisotopic (exact) mass is 140 g/mol. The highest BCUT2D eigenvalue weighted by molar-refractivity contribution is 5.41. The largest absolute Gasteiger partial charge is 0.493 e. The normalized spacial score (nSPS) is 9.30. The minimum Gasteiger partial charge on any atom is -0.493 e. The molecule has 0 fully saturated rings. The molecule has 0 unspecified atom stereocenters. The average Bonchev–Trinajstić information content (AvgIpc) is 1.85. The number of aromatic hydroxyl groups is 1. The van der Waals surface area contributed by atoms with Gasteiger partial charge in [-0.2, -0.15) is 9.97 Å². The van der Waals surface area contributed by atoms with Crippen LogP contribution in [0.2, 0.25) is 0 Å². The van der Waals surface area contributed by atoms with Gasteiger partial charge in [0.2, 0.25) is 11.8 Å². The Hall–Kier alpha value is -1.52. The van der Waals surface area contributed by atoms with Crippen molar-refractivity contribution >= 4 is 11.8 Å². The van der Waals surface area contributed by atoms with Gasteiger partial charge in [0.1, 0.15) is 5.82 Å². The third-order valence-electron chi connectivity index (χ3n) is 0.986. The number of hydrogen-bond donors (Lipinski definition) is 3. The molecule has 0 saturated carbocycles. The molecule has 0 atom stereocenters. The summed E-state index contributed by atoms with van der Waals surface area (Å²) in [6.45, 7) is 0. The fraction of sp³-hybridized carbons (Fsp3) is 0.200. The van der Waals surface area contributed by atoms with E-state index in [1.165, 1.54) is 6.07 Å². The van der Waals surface area contributed by atoms with Gasteiger partial charge >= 0.3 is 0 Å². The maximum atomic E-state index is 8.85. The van der Waals surface area contributed by atoms with Crippen LogP contribution in [0.15, 0.2) is 6.07 Å². The molecule has 0 saturated heterocycles. The minimum absolute atomic E-state index is 0.0596. The molecule has 0 radical (unpaired) electrons. The van der Waals surface area contributed by atoms with Crippen LogP contribution < -0.4 is 11.1 Å². The van der Waals surface area contributed by atoms with Crippen molar-refractivity contribution in [3.63, 3.8) is 0 Å². The Labute approximate surface area is 57.9 Å². The fourth-order valence-electron chi connectivity index (χ4n) is 0.581. The summed E-state index contributed by atoms with van der Waals surface area (Å²) in [5.74, 6) is 0.436. The van der Waals surface area contributed by atoms with E-state index in [9.17, 15) is 0 Å². The van der Waals surface area contributed by atoms with Crippen molar-refractivity contribution in [2.24, 2.45) is 0 Å². The zero-order chi connectivity index (χ0) is 7.56. The zero-order valence-corrected chi connectivity index (χ0v) is 5.50. The van der Waals surface area contributed by atoms with Crippen LogP contribution in [-0.2, 0) is 0 Å². The van der Waals surface area contributed by atoms with E-state index in [0.29, 0.717) is 5.82 Å². The van der Waals surface area contributed by atoms with Crippen LogP contribution >= 0.6 is 0 Å². The van der Waals surface area contributed by atoms with Gasteiger partial charge in [-0.1, -0.05) is 0 Å². The number of aromatic nitrogens is 2. The van der Waals surface area contributed by atoms with Gasteiger partial charge in [0.05, 0.1) is 0 Å². The van der Waals surface area contributed by atoms with Crippen molar-refractivity contribution in [2.45, 2.75) is 0 Å². The van der Waals surface area contributed by atoms with E-state index in [-0.39, 0.29) is 11.8 Å². The lowest BCUT2D eigenvalue weighted by molar-refractivity contribution is 0.453. The van der Waals surface area contributed by atoms with Crippen LogP contribution in [0.5, 0.6) is 5.88 Å². The predicted octanol–water partition coefficient (Wildman–Crippen LogP) is -0.194. The zero-order valence-electron chi connectivity index (χ0n) is 5.50. The lowest BCUT2D eigenvalue weighted by Gasteiger charge is -1.98. The second kappa shape index (κ2) is 2.38. The van der Waals surface area contributed by atoms with Crippen molar-refractivity contribution in [1.29, 1.82) is 0 Å². The maximum Gasteiger partial charge on any atom is 0.225 e. The third-order valence-corrected chi connectivity index (χ3v) is 0.986. The number of anilines is 2. The van der Waals surface area contributed by atoms with Gasteiger partial charge in [0, 0.05) is 13.1 Å². The fourth-order valence-corrected chi connectivity index (χ4v) is 0.581. The van der Waals surface area contributed by atoms with Gasteiger partial charge in [0.15, 0.2) is 0 Å². The summed E-state index contributed by atoms with van der Waals surface area (Å²) in [6.07, 6.45) is 0. The Kier molecular flexibility index (Phi) is 1.57. The Bertz CT molecular complexity index is 217. The molecule has 10 heavy (non-hydrogen) atoms. The average molecular weight is 140 g/mol. The Balaban J connectivity index is 3.06. The predicted molar refractivity (Wildman–Crippen MR) is 37.7 cm³/mol. The molecule has 54 valence electrons. The molecule has 0 amide bonds. The van der Waals surface area contributed by atoms with Crippen LogP contribution in [-0.4, -0.2) is 22.1 Å². The highest BCUT2D eigenvalue weighted by atomic mass is 16.3. The summed E-state index contributed by atoms with van der Waals surface area (Å²) < 4.78 is 0. The Morgan fingerprint density at radius 2 is 2.30 bits per heavy atom. The molecule has 4 N–H and O–H groups in total. The number of nitrogen functional groups attached to an aromatic ring is 1. The summed E-state index contributed by atoms with van der Waals surface area (Å²) >= 11 is 0. The molecular weight excluding hydrogens is 132 g/mol. The second-order valence-corrected chi connectivity index (χ2v) is 1.72. The molecule has 5 nitrogen and oxygen atoms in total. The van der Waals surface area contributed by atoms with E-state index in [4.69, 9.17) is 10.8 Å². The summed E-state index contributed by atoms with van der Waals surface area (Å²) in [5.41, 5.74) is 5.21. The van der Waals surface area contributed by atoms with Crippen molar-refractivity contribution in [2.75, 3.05) is 18.1 Å². The van der Waals surface area contributed by atoms with Gasteiger partial charge in [-0.25, -0.2) is 0 Å². The van der Waals surface area contributed by atoms with Gasteiger partial charge in [-0.3, -0.25) is 0 Å². The van der Waals surface area contributed by atoms with Gasteiger partial charge in [-0.05, 0) is 0 Å². The molecule has 1 rings (SSSR count). The van der Waals surface area contributed by atoms with Crippen LogP contribution in [0.25, 0.3) is 0 Å². The highest BCUT2D eigenvalue weighted by Gasteiger charge is 1.96. The molecule has 0 aromatic carbocycles. The third kappa shape index (κ3) is 1.25. The first kappa shape index (κ1) is 6.60. The molecular formula is C5H8N4O. The van der Waals surface area contributed by atoms with Crippen LogP contribution in [0, 0.1) is 0 Å². The topological polar surface area (TPSA) is 84.1 Å². The lowest BCUT2D eigenvalue weighted by Crippen LogP contribution is -1.98. The van der Waals surface area contributed by atoms with Gasteiger partial charge in [0.25, 0.3) is 0 Å². The van der Waals surface area contributed by atoms with Crippen LogP contribution in [0.1, 0.15) is 0 Å². The number of nitrogens with zero attached hydrogens (tertiary/aromatic N) is 2. The van der Waals surface area contributed by atoms with E-state index < -0.39 is 0 Å². The van der Waals surface area contributed by atoms with Crippen molar-refractivity contribution in [3.8, 4) is 5.88 Å². The molecule has 1 heterocycles. The number of nitrogens with two attached hydrogens (primary N) is 1. The first-order valence-electron chi connectivity index (χ1n) is 2.73. The molecule has 0 aliphatic carbocycles. The minimum atomic E-state index is -0.128. The van der Waals surface area contributed by atoms with Crippen LogP contribution in [0.3, 0.4) is 0 Å². The SMILES string of the molecule is CNc1cc(O)nc(N)n1. The molecule has 0 aliphatic rings. The van der Waals surface area contributed by atoms with Gasteiger partial charge < -0.3 is 16.2 Å². The van der Waals surface area contributed by atoms with E-state index in [2.05, 4.69) is 15.3 Å². The Morgan fingerprint density at radius 1 is 1.60 bits per heavy atom. The number of hydrogen-bond acceptors (Lipinski definition) is 5. The van der Waals surface area contributed by atoms with E-state index in [1.807, 2.05) is 0 Å². The number of nitrogens with one attached hydrogen (secondary N) is 1. The quantitative estimate of drug-likeness (QED) is 0.503. The number of rotatable bonds is 1. The molecule has 0 aliphatic heterocycles. The van der Waals surface area contributed by atoms with E-state index in [0.717, 1.165) is 0 Å². The van der Waals surface area contributed by atoms with Crippen LogP contribution in [0.4, 0.5) is 11.8 Å². The summed E-state index contributed by atoms with van der Waals surface area (Å²) in [4.78, 5) is 7.21. The molecule has 1 aromatic rings. The summed E-state index contributed by atoms with van der Waals surface area (Å²) in [6, 6.07) is 1.39. The summed E-state index contributed by atoms with van der Waals surface area (Å²) in [5, 5.41) is 11.6. The first-order valence-corrected chi connectivity index (χ1v) is 2.73. The molecule has 5 heteroatoms. The van der Waals surface area contributed by atoms with Crippen molar-refractivity contribution in [1.82, 2.24) is 9.97 Å². The molecule has 0 bridgehead atoms. The maximum absolute atomic E-state index is 8.85. The molecule has 1 aromatic heterocycles. The second-order valence-electron chi connectivity index (χ2n) is 1.72. The van der Waals surface area contributed by atoms with E-state index >= 15 is 0 Å². The first-order chi connectivity index (χ1) is 4.72. The summed E-state index contributed by atoms with van der Waals surface area (Å²) in [7, 11) is 1.68. The van der Waals surface area contributed by atoms with Gasteiger partial charge in [-0.15, -0.1) is 0 Å². The molecule has 0 spiro atoms. The smallest absolute Gasteiger partial charge is 0.225 e. The van der Waals surface area contributed by atoms with Crippen molar-refractivity contribution < 1.29 is 5.11 Å². The van der Waals surface area contributed by atoms with E-state index in [1.54, 1.807) is 7.05 Å². The standard InChI is InChI=1S/C5H8N4O/c1-7-3-2-4(10)9-5(6)8-3/h2H,1H3,(H4,6,7,8,9,10). The lowest BCUT2D eigenvalue weighted by atomic mass is 10.5. The van der Waals surface area contributed by atoms with Crippen molar-refractivity contribution in [3.05, 3.63) is 6.07 Å². The Morgan fingerprint density at radius 3 is 2.80 bits per heavy atom. The highest BCUT2D eigenvalue weighted by Crippen LogP contribution is 2.11.